The molecule has 1 aromatic heterocycles. The molecule has 1 atom stereocenters. The van der Waals surface area contributed by atoms with Crippen molar-refractivity contribution < 1.29 is 9.53 Å². The van der Waals surface area contributed by atoms with Crippen LogP contribution in [0.2, 0.25) is 5.02 Å². The molecule has 0 unspecified atom stereocenters. The summed E-state index contributed by atoms with van der Waals surface area (Å²) >= 11 is 10.9. The SMILES string of the molecule is CC[C@H](C)N(Cc1csc(COc2ccc(Cl)cc2)n1)C(=O)c1cccc(Br)c1. The van der Waals surface area contributed by atoms with Gasteiger partial charge in [0.1, 0.15) is 17.4 Å². The Labute approximate surface area is 188 Å². The van der Waals surface area contributed by atoms with Gasteiger partial charge < -0.3 is 9.64 Å². The number of carbonyl (C=O) groups excluding carboxylic acids is 1. The molecule has 0 aliphatic carbocycles. The summed E-state index contributed by atoms with van der Waals surface area (Å²) in [5.74, 6) is 0.754. The minimum absolute atomic E-state index is 0.00705. The predicted molar refractivity (Wildman–Crippen MR) is 122 cm³/mol. The van der Waals surface area contributed by atoms with Crippen LogP contribution in [0, 0.1) is 0 Å². The summed E-state index contributed by atoms with van der Waals surface area (Å²) in [5.41, 5.74) is 1.54. The van der Waals surface area contributed by atoms with Crippen LogP contribution in [-0.4, -0.2) is 21.8 Å². The van der Waals surface area contributed by atoms with Gasteiger partial charge in [-0.05, 0) is 55.8 Å². The summed E-state index contributed by atoms with van der Waals surface area (Å²) in [4.78, 5) is 19.6. The second-order valence-electron chi connectivity index (χ2n) is 6.68. The van der Waals surface area contributed by atoms with Gasteiger partial charge in [-0.3, -0.25) is 4.79 Å². The zero-order valence-corrected chi connectivity index (χ0v) is 19.4. The van der Waals surface area contributed by atoms with Crippen molar-refractivity contribution in [3.63, 3.8) is 0 Å². The molecule has 4 nitrogen and oxygen atoms in total. The van der Waals surface area contributed by atoms with Crippen LogP contribution in [0.5, 0.6) is 5.75 Å². The Morgan fingerprint density at radius 3 is 2.72 bits per heavy atom. The lowest BCUT2D eigenvalue weighted by atomic mass is 10.1. The van der Waals surface area contributed by atoms with E-state index in [0.717, 1.165) is 27.3 Å². The zero-order chi connectivity index (χ0) is 20.8. The number of halogens is 2. The van der Waals surface area contributed by atoms with Gasteiger partial charge in [0.2, 0.25) is 0 Å². The number of amides is 1. The molecule has 0 aliphatic rings. The summed E-state index contributed by atoms with van der Waals surface area (Å²) in [6, 6.07) is 14.8. The first-order valence-corrected chi connectivity index (χ1v) is 11.4. The Morgan fingerprint density at radius 2 is 2.03 bits per heavy atom. The van der Waals surface area contributed by atoms with Gasteiger partial charge in [0, 0.05) is 26.5 Å². The van der Waals surface area contributed by atoms with Crippen LogP contribution in [0.1, 0.15) is 41.3 Å². The van der Waals surface area contributed by atoms with E-state index in [1.54, 1.807) is 12.1 Å². The summed E-state index contributed by atoms with van der Waals surface area (Å²) in [7, 11) is 0. The van der Waals surface area contributed by atoms with Crippen molar-refractivity contribution in [2.75, 3.05) is 0 Å². The quantitative estimate of drug-likeness (QED) is 0.356. The van der Waals surface area contributed by atoms with Crippen molar-refractivity contribution in [2.45, 2.75) is 39.5 Å². The number of carbonyl (C=O) groups is 1. The van der Waals surface area contributed by atoms with Crippen molar-refractivity contribution in [3.8, 4) is 5.75 Å². The lowest BCUT2D eigenvalue weighted by Crippen LogP contribution is -2.37. The van der Waals surface area contributed by atoms with Gasteiger partial charge in [0.15, 0.2) is 0 Å². The maximum atomic E-state index is 13.1. The van der Waals surface area contributed by atoms with Crippen LogP contribution in [-0.2, 0) is 13.2 Å². The predicted octanol–water partition coefficient (Wildman–Crippen LogP) is 6.58. The first-order valence-electron chi connectivity index (χ1n) is 9.34. The number of nitrogens with zero attached hydrogens (tertiary/aromatic N) is 2. The third-order valence-electron chi connectivity index (χ3n) is 4.56. The smallest absolute Gasteiger partial charge is 0.254 e. The fourth-order valence-electron chi connectivity index (χ4n) is 2.77. The largest absolute Gasteiger partial charge is 0.486 e. The second kappa shape index (κ2) is 10.2. The molecule has 152 valence electrons. The Bertz CT molecular complexity index is 961. The van der Waals surface area contributed by atoms with E-state index >= 15 is 0 Å². The highest BCUT2D eigenvalue weighted by Crippen LogP contribution is 2.21. The molecular formula is C22H22BrClN2O2S. The molecular weight excluding hydrogens is 472 g/mol. The number of benzene rings is 2. The van der Waals surface area contributed by atoms with Gasteiger partial charge in [-0.1, -0.05) is 40.5 Å². The van der Waals surface area contributed by atoms with Crippen LogP contribution < -0.4 is 4.74 Å². The summed E-state index contributed by atoms with van der Waals surface area (Å²) in [6.07, 6.45) is 0.871. The minimum Gasteiger partial charge on any atom is -0.486 e. The van der Waals surface area contributed by atoms with Crippen molar-refractivity contribution >= 4 is 44.8 Å². The molecule has 0 aliphatic heterocycles. The maximum Gasteiger partial charge on any atom is 0.254 e. The van der Waals surface area contributed by atoms with Crippen LogP contribution in [0.25, 0.3) is 0 Å². The van der Waals surface area contributed by atoms with Crippen LogP contribution in [0.4, 0.5) is 0 Å². The number of hydrogen-bond donors (Lipinski definition) is 0. The molecule has 0 bridgehead atoms. The molecule has 0 radical (unpaired) electrons. The molecule has 1 heterocycles. The highest BCUT2D eigenvalue weighted by atomic mass is 79.9. The minimum atomic E-state index is 0.00705. The Balaban J connectivity index is 1.68. The number of ether oxygens (including phenoxy) is 1. The van der Waals surface area contributed by atoms with Crippen LogP contribution in [0.3, 0.4) is 0 Å². The highest BCUT2D eigenvalue weighted by Gasteiger charge is 2.22. The number of aromatic nitrogens is 1. The van der Waals surface area contributed by atoms with Gasteiger partial charge in [-0.2, -0.15) is 0 Å². The number of hydrogen-bond acceptors (Lipinski definition) is 4. The van der Waals surface area contributed by atoms with Crippen LogP contribution >= 0.6 is 38.9 Å². The second-order valence-corrected chi connectivity index (χ2v) is 8.97. The fourth-order valence-corrected chi connectivity index (χ4v) is 4.00. The molecule has 0 fully saturated rings. The molecule has 3 aromatic rings. The lowest BCUT2D eigenvalue weighted by Gasteiger charge is -2.28. The average Bonchev–Trinajstić information content (AvgIpc) is 3.18. The zero-order valence-electron chi connectivity index (χ0n) is 16.3. The Hall–Kier alpha value is -1.89. The summed E-state index contributed by atoms with van der Waals surface area (Å²) < 4.78 is 6.66. The molecule has 3 rings (SSSR count). The molecule has 1 amide bonds. The molecule has 7 heteroatoms. The molecule has 0 saturated heterocycles. The first-order chi connectivity index (χ1) is 14.0. The van der Waals surface area contributed by atoms with Crippen molar-refractivity contribution in [1.29, 1.82) is 0 Å². The molecule has 0 N–H and O–H groups in total. The molecule has 2 aromatic carbocycles. The number of thiazole rings is 1. The fraction of sp³-hybridized carbons (Fsp3) is 0.273. The highest BCUT2D eigenvalue weighted by molar-refractivity contribution is 9.10. The average molecular weight is 494 g/mol. The molecule has 0 spiro atoms. The van der Waals surface area contributed by atoms with Gasteiger partial charge in [0.05, 0.1) is 12.2 Å². The van der Waals surface area contributed by atoms with Gasteiger partial charge in [-0.25, -0.2) is 4.98 Å². The summed E-state index contributed by atoms with van der Waals surface area (Å²) in [6.45, 7) is 5.00. The maximum absolute atomic E-state index is 13.1. The van der Waals surface area contributed by atoms with Crippen molar-refractivity contribution in [2.24, 2.45) is 0 Å². The Kier molecular flexibility index (Phi) is 7.70. The van der Waals surface area contributed by atoms with E-state index in [-0.39, 0.29) is 11.9 Å². The van der Waals surface area contributed by atoms with E-state index < -0.39 is 0 Å². The normalized spacial score (nSPS) is 11.9. The van der Waals surface area contributed by atoms with E-state index in [9.17, 15) is 4.79 Å². The lowest BCUT2D eigenvalue weighted by molar-refractivity contribution is 0.0669. The van der Waals surface area contributed by atoms with E-state index in [2.05, 4.69) is 34.8 Å². The van der Waals surface area contributed by atoms with Crippen molar-refractivity contribution in [1.82, 2.24) is 9.88 Å². The van der Waals surface area contributed by atoms with Gasteiger partial charge in [-0.15, -0.1) is 11.3 Å². The molecule has 29 heavy (non-hydrogen) atoms. The topological polar surface area (TPSA) is 42.4 Å². The third kappa shape index (κ3) is 6.04. The summed E-state index contributed by atoms with van der Waals surface area (Å²) in [5, 5.41) is 3.53. The van der Waals surface area contributed by atoms with E-state index in [1.807, 2.05) is 46.7 Å². The van der Waals surface area contributed by atoms with Gasteiger partial charge in [0.25, 0.3) is 5.91 Å². The van der Waals surface area contributed by atoms with Crippen molar-refractivity contribution in [3.05, 3.63) is 79.7 Å². The van der Waals surface area contributed by atoms with Crippen LogP contribution in [0.15, 0.2) is 58.4 Å². The Morgan fingerprint density at radius 1 is 1.28 bits per heavy atom. The van der Waals surface area contributed by atoms with E-state index in [0.29, 0.717) is 23.7 Å². The van der Waals surface area contributed by atoms with Gasteiger partial charge >= 0.3 is 0 Å². The van der Waals surface area contributed by atoms with E-state index in [1.165, 1.54) is 11.3 Å². The standard InChI is InChI=1S/C22H22BrClN2O2S/c1-3-15(2)26(22(27)16-5-4-6-17(23)11-16)12-19-14-29-21(25-19)13-28-20-9-7-18(24)8-10-20/h4-11,14-15H,3,12-13H2,1-2H3/t15-/m0/s1. The third-order valence-corrected chi connectivity index (χ3v) is 6.18. The van der Waals surface area contributed by atoms with E-state index in [4.69, 9.17) is 16.3 Å². The first kappa shape index (κ1) is 21.8. The number of rotatable bonds is 8. The monoisotopic (exact) mass is 492 g/mol. The molecule has 0 saturated carbocycles.